The lowest BCUT2D eigenvalue weighted by molar-refractivity contribution is 0.0696. The van der Waals surface area contributed by atoms with Gasteiger partial charge in [-0.3, -0.25) is 0 Å². The predicted octanol–water partition coefficient (Wildman–Crippen LogP) is 2.96. The quantitative estimate of drug-likeness (QED) is 0.914. The molecule has 0 fully saturated rings. The number of hydrogen-bond donors (Lipinski definition) is 1. The van der Waals surface area contributed by atoms with Crippen molar-refractivity contribution in [1.29, 1.82) is 0 Å². The maximum Gasteiger partial charge on any atom is 0.335 e. The maximum atomic E-state index is 13.5. The Balaban J connectivity index is 2.06. The molecule has 0 bridgehead atoms. The highest BCUT2D eigenvalue weighted by Crippen LogP contribution is 2.34. The van der Waals surface area contributed by atoms with Crippen LogP contribution >= 0.6 is 0 Å². The minimum atomic E-state index is -1.16. The van der Waals surface area contributed by atoms with Crippen LogP contribution in [0, 0.1) is 5.82 Å². The fourth-order valence-electron chi connectivity index (χ4n) is 2.10. The van der Waals surface area contributed by atoms with E-state index in [2.05, 4.69) is 0 Å². The third kappa shape index (κ3) is 2.30. The topological polar surface area (TPSA) is 55.8 Å². The van der Waals surface area contributed by atoms with Gasteiger partial charge in [-0.1, -0.05) is 6.07 Å². The minimum absolute atomic E-state index is 0.0881. The molecule has 0 atom stereocenters. The largest absolute Gasteiger partial charge is 0.486 e. The Kier molecular flexibility index (Phi) is 3.02. The number of rotatable bonds is 2. The van der Waals surface area contributed by atoms with E-state index < -0.39 is 11.8 Å². The molecule has 1 N–H and O–H groups in total. The smallest absolute Gasteiger partial charge is 0.335 e. The molecule has 0 aromatic heterocycles. The number of fused-ring (bicyclic) bond motifs is 1. The molecule has 0 saturated heterocycles. The molecule has 4 nitrogen and oxygen atoms in total. The summed E-state index contributed by atoms with van der Waals surface area (Å²) in [5, 5.41) is 8.96. The van der Waals surface area contributed by atoms with Crippen molar-refractivity contribution in [2.75, 3.05) is 13.2 Å². The second-order valence-corrected chi connectivity index (χ2v) is 4.39. The highest BCUT2D eigenvalue weighted by Gasteiger charge is 2.14. The van der Waals surface area contributed by atoms with Gasteiger partial charge in [-0.15, -0.1) is 0 Å². The van der Waals surface area contributed by atoms with Crippen LogP contribution in [0.2, 0.25) is 0 Å². The Morgan fingerprint density at radius 2 is 1.75 bits per heavy atom. The zero-order valence-electron chi connectivity index (χ0n) is 10.4. The van der Waals surface area contributed by atoms with Crippen molar-refractivity contribution in [2.45, 2.75) is 0 Å². The Hall–Kier alpha value is -2.56. The lowest BCUT2D eigenvalue weighted by Crippen LogP contribution is -2.15. The van der Waals surface area contributed by atoms with Gasteiger partial charge in [0.1, 0.15) is 19.0 Å². The van der Waals surface area contributed by atoms with E-state index in [-0.39, 0.29) is 5.56 Å². The van der Waals surface area contributed by atoms with Crippen LogP contribution in [0.4, 0.5) is 4.39 Å². The third-order valence-corrected chi connectivity index (χ3v) is 3.02. The van der Waals surface area contributed by atoms with Gasteiger partial charge >= 0.3 is 5.97 Å². The molecule has 1 aliphatic heterocycles. The average molecular weight is 274 g/mol. The average Bonchev–Trinajstić information content (AvgIpc) is 2.46. The summed E-state index contributed by atoms with van der Waals surface area (Å²) in [5.74, 6) is -0.539. The Bertz CT molecular complexity index is 682. The lowest BCUT2D eigenvalue weighted by Gasteiger charge is -2.19. The first kappa shape index (κ1) is 12.5. The van der Waals surface area contributed by atoms with E-state index >= 15 is 0 Å². The minimum Gasteiger partial charge on any atom is -0.486 e. The van der Waals surface area contributed by atoms with E-state index in [0.717, 1.165) is 6.07 Å². The van der Waals surface area contributed by atoms with Gasteiger partial charge in [0.15, 0.2) is 11.5 Å². The molecule has 0 spiro atoms. The van der Waals surface area contributed by atoms with Crippen molar-refractivity contribution in [3.63, 3.8) is 0 Å². The second-order valence-electron chi connectivity index (χ2n) is 4.39. The normalized spacial score (nSPS) is 13.1. The van der Waals surface area contributed by atoms with Gasteiger partial charge in [0, 0.05) is 0 Å². The summed E-state index contributed by atoms with van der Waals surface area (Å²) >= 11 is 0. The van der Waals surface area contributed by atoms with Crippen LogP contribution in [0.25, 0.3) is 11.1 Å². The summed E-state index contributed by atoms with van der Waals surface area (Å²) in [4.78, 5) is 11.0. The molecule has 20 heavy (non-hydrogen) atoms. The molecular weight excluding hydrogens is 263 g/mol. The lowest BCUT2D eigenvalue weighted by atomic mass is 10.0. The Morgan fingerprint density at radius 1 is 1.00 bits per heavy atom. The van der Waals surface area contributed by atoms with Crippen molar-refractivity contribution in [3.8, 4) is 22.6 Å². The van der Waals surface area contributed by atoms with Gasteiger partial charge in [-0.05, 0) is 41.5 Å². The van der Waals surface area contributed by atoms with E-state index in [1.807, 2.05) is 0 Å². The summed E-state index contributed by atoms with van der Waals surface area (Å²) in [6.07, 6.45) is 0. The molecule has 2 aromatic rings. The SMILES string of the molecule is O=C(O)c1cc(F)cc(-c2ccc3c(c2)OCCO3)c1. The first-order valence-corrected chi connectivity index (χ1v) is 6.07. The van der Waals surface area contributed by atoms with Crippen LogP contribution in [0.15, 0.2) is 36.4 Å². The van der Waals surface area contributed by atoms with Crippen molar-refractivity contribution in [2.24, 2.45) is 0 Å². The number of benzene rings is 2. The van der Waals surface area contributed by atoms with Crippen molar-refractivity contribution in [1.82, 2.24) is 0 Å². The van der Waals surface area contributed by atoms with Crippen molar-refractivity contribution < 1.29 is 23.8 Å². The Labute approximate surface area is 114 Å². The van der Waals surface area contributed by atoms with Crippen LogP contribution in [0.3, 0.4) is 0 Å². The number of carbonyl (C=O) groups is 1. The second kappa shape index (κ2) is 4.85. The fraction of sp³-hybridized carbons (Fsp3) is 0.133. The van der Waals surface area contributed by atoms with E-state index in [4.69, 9.17) is 14.6 Å². The van der Waals surface area contributed by atoms with E-state index in [9.17, 15) is 9.18 Å². The van der Waals surface area contributed by atoms with Crippen LogP contribution < -0.4 is 9.47 Å². The molecule has 1 aliphatic rings. The molecule has 0 amide bonds. The van der Waals surface area contributed by atoms with Crippen LogP contribution in [0.1, 0.15) is 10.4 Å². The van der Waals surface area contributed by atoms with Crippen molar-refractivity contribution >= 4 is 5.97 Å². The zero-order chi connectivity index (χ0) is 14.1. The first-order valence-electron chi connectivity index (χ1n) is 6.07. The van der Waals surface area contributed by atoms with Gasteiger partial charge < -0.3 is 14.6 Å². The molecule has 3 rings (SSSR count). The summed E-state index contributed by atoms with van der Waals surface area (Å²) < 4.78 is 24.4. The third-order valence-electron chi connectivity index (χ3n) is 3.02. The predicted molar refractivity (Wildman–Crippen MR) is 69.8 cm³/mol. The summed E-state index contributed by atoms with van der Waals surface area (Å²) in [6, 6.07) is 8.90. The monoisotopic (exact) mass is 274 g/mol. The number of hydrogen-bond acceptors (Lipinski definition) is 3. The standard InChI is InChI=1S/C15H11FO4/c16-12-6-10(5-11(7-12)15(17)18)9-1-2-13-14(8-9)20-4-3-19-13/h1-2,5-8H,3-4H2,(H,17,18). The molecule has 0 aliphatic carbocycles. The van der Waals surface area contributed by atoms with E-state index in [0.29, 0.717) is 35.8 Å². The van der Waals surface area contributed by atoms with Gasteiger partial charge in [-0.2, -0.15) is 0 Å². The number of carboxylic acid groups (broad SMARTS) is 1. The highest BCUT2D eigenvalue weighted by molar-refractivity contribution is 5.89. The molecule has 0 radical (unpaired) electrons. The molecule has 102 valence electrons. The molecule has 2 aromatic carbocycles. The highest BCUT2D eigenvalue weighted by atomic mass is 19.1. The Morgan fingerprint density at radius 3 is 2.50 bits per heavy atom. The molecular formula is C15H11FO4. The van der Waals surface area contributed by atoms with E-state index in [1.165, 1.54) is 12.1 Å². The number of carboxylic acids is 1. The molecule has 0 unspecified atom stereocenters. The van der Waals surface area contributed by atoms with Crippen molar-refractivity contribution in [3.05, 3.63) is 47.8 Å². The van der Waals surface area contributed by atoms with Gasteiger partial charge in [0.2, 0.25) is 0 Å². The van der Waals surface area contributed by atoms with Gasteiger partial charge in [0.05, 0.1) is 5.56 Å². The maximum absolute atomic E-state index is 13.5. The van der Waals surface area contributed by atoms with Crippen LogP contribution in [-0.4, -0.2) is 24.3 Å². The van der Waals surface area contributed by atoms with Gasteiger partial charge in [0.25, 0.3) is 0 Å². The van der Waals surface area contributed by atoms with E-state index in [1.54, 1.807) is 18.2 Å². The summed E-state index contributed by atoms with van der Waals surface area (Å²) in [7, 11) is 0. The van der Waals surface area contributed by atoms with Crippen LogP contribution in [0.5, 0.6) is 11.5 Å². The number of ether oxygens (including phenoxy) is 2. The molecule has 5 heteroatoms. The summed E-state index contributed by atoms with van der Waals surface area (Å²) in [5.41, 5.74) is 1.07. The number of halogens is 1. The fourth-order valence-corrected chi connectivity index (χ4v) is 2.10. The molecule has 1 heterocycles. The summed E-state index contributed by atoms with van der Waals surface area (Å²) in [6.45, 7) is 0.954. The molecule has 0 saturated carbocycles. The van der Waals surface area contributed by atoms with Gasteiger partial charge in [-0.25, -0.2) is 9.18 Å². The first-order chi connectivity index (χ1) is 9.63. The van der Waals surface area contributed by atoms with Crippen LogP contribution in [-0.2, 0) is 0 Å². The number of aromatic carboxylic acids is 1. The zero-order valence-corrected chi connectivity index (χ0v) is 10.4.